The zero-order valence-electron chi connectivity index (χ0n) is 80.1. The Morgan fingerprint density at radius 3 is 0.886 bits per heavy atom. The van der Waals surface area contributed by atoms with Crippen molar-refractivity contribution in [1.82, 2.24) is 0 Å². The fourth-order valence-electron chi connectivity index (χ4n) is 16.3. The average molecular weight is 2190 g/mol. The maximum Gasteiger partial charge on any atom is 0.432 e. The highest BCUT2D eigenvalue weighted by Crippen LogP contribution is 2.53. The zero-order valence-corrected chi connectivity index (χ0v) is 85.0. The summed E-state index contributed by atoms with van der Waals surface area (Å²) in [6.07, 6.45) is -17.9. The van der Waals surface area contributed by atoms with Crippen molar-refractivity contribution in [3.63, 3.8) is 0 Å². The first-order valence-electron chi connectivity index (χ1n) is 45.7. The van der Waals surface area contributed by atoms with E-state index in [4.69, 9.17) is 14.2 Å². The summed E-state index contributed by atoms with van der Waals surface area (Å²) in [7, 11) is -19.4. The molecular formula is C107H100F12O24S6. The Balaban J connectivity index is 0.000000161. The van der Waals surface area contributed by atoms with Crippen LogP contribution in [0.1, 0.15) is 134 Å². The van der Waals surface area contributed by atoms with Crippen LogP contribution in [0.2, 0.25) is 0 Å². The Morgan fingerprint density at radius 2 is 0.611 bits per heavy atom. The van der Waals surface area contributed by atoms with Gasteiger partial charge in [0.05, 0.1) is 40.8 Å². The van der Waals surface area contributed by atoms with Gasteiger partial charge in [-0.05, 0) is 253 Å². The van der Waals surface area contributed by atoms with E-state index in [1.807, 2.05) is 0 Å². The summed E-state index contributed by atoms with van der Waals surface area (Å²) in [5.41, 5.74) is -4.52. The van der Waals surface area contributed by atoms with Gasteiger partial charge in [0, 0.05) is 63.7 Å². The van der Waals surface area contributed by atoms with Crippen LogP contribution in [0, 0.1) is 0 Å². The molecule has 0 bridgehead atoms. The lowest BCUT2D eigenvalue weighted by Gasteiger charge is -2.30. The van der Waals surface area contributed by atoms with E-state index in [-0.39, 0.29) is 48.7 Å². The molecule has 0 radical (unpaired) electrons. The Labute approximate surface area is 856 Å². The van der Waals surface area contributed by atoms with Gasteiger partial charge in [0.1, 0.15) is 17.2 Å². The second-order valence-electron chi connectivity index (χ2n) is 36.2. The van der Waals surface area contributed by atoms with E-state index in [1.165, 1.54) is 171 Å². The van der Waals surface area contributed by atoms with Gasteiger partial charge in [-0.2, -0.15) is 52.7 Å². The first-order valence-corrected chi connectivity index (χ1v) is 53.6. The lowest BCUT2D eigenvalue weighted by Crippen LogP contribution is -2.52. The quantitative estimate of drug-likeness (QED) is 0.00797. The maximum absolute atomic E-state index is 13.6. The van der Waals surface area contributed by atoms with E-state index >= 15 is 0 Å². The number of fused-ring (bicyclic) bond motifs is 9. The van der Waals surface area contributed by atoms with E-state index in [9.17, 15) is 136 Å². The van der Waals surface area contributed by atoms with Crippen LogP contribution in [0.25, 0.3) is 75.2 Å². The lowest BCUT2D eigenvalue weighted by molar-refractivity contribution is -0.259. The molecule has 3 heterocycles. The van der Waals surface area contributed by atoms with E-state index in [2.05, 4.69) is 251 Å². The SMILES string of the molecule is CC(C)(O)c1cc(OC(=O)CCC(=O)OCC(F)(F)S(=O)(=O)[O-])cc(C(C)(C)O)c1.CC(C)(O)c1ccc(OCC(=O)OC(C(F)(F)F)C(F)(F)S(=O)(=O)[O-])cc1.O=C(COc1cc(C2(O)CCCC2)cc(C2(O)CCCC2)c1)OC(C(F)(F)F)C(F)(F)S(=O)(=O)[O-].c1ccc(-[s+]2c3ccccc3c3ccccc32)cc1.c1ccc(-[s+]2c3ccccc3c3ccccc32)cc1.c1ccc(-[s+]2c3ccccc3c3ccccc32)cc1. The molecule has 17 rings (SSSR count). The highest BCUT2D eigenvalue weighted by atomic mass is 32.2. The molecule has 2 atom stereocenters. The molecule has 2 aliphatic carbocycles. The third-order valence-electron chi connectivity index (χ3n) is 23.8. The molecule has 15 aromatic rings. The summed E-state index contributed by atoms with van der Waals surface area (Å²) in [4.78, 5) is 50.8. The Hall–Kier alpha value is -12.5. The highest BCUT2D eigenvalue weighted by molar-refractivity contribution is 7.87. The normalized spacial score (nSPS) is 14.5. The van der Waals surface area contributed by atoms with Crippen LogP contribution in [0.4, 0.5) is 52.7 Å². The van der Waals surface area contributed by atoms with Crippen molar-refractivity contribution >= 4 is 146 Å². The number of hydrogen-bond donors (Lipinski definition) is 5. The molecule has 12 aromatic carbocycles. The fraction of sp³-hybridized carbons (Fsp3) is 0.290. The molecule has 2 unspecified atom stereocenters. The predicted molar refractivity (Wildman–Crippen MR) is 538 cm³/mol. The summed E-state index contributed by atoms with van der Waals surface area (Å²) in [6, 6.07) is 98.9. The molecule has 0 aliphatic heterocycles. The second-order valence-corrected chi connectivity index (χ2v) is 46.5. The molecular weight excluding hydrogens is 2090 g/mol. The number of thiophene rings is 3. The largest absolute Gasteiger partial charge is 0.743 e. The van der Waals surface area contributed by atoms with Gasteiger partial charge < -0.3 is 67.6 Å². The summed E-state index contributed by atoms with van der Waals surface area (Å²) in [5.74, 6) is -6.54. The van der Waals surface area contributed by atoms with Gasteiger partial charge in [-0.1, -0.05) is 165 Å². The number of ether oxygens (including phenoxy) is 6. The van der Waals surface area contributed by atoms with Crippen molar-refractivity contribution in [2.45, 2.75) is 174 Å². The third kappa shape index (κ3) is 28.4. The van der Waals surface area contributed by atoms with E-state index in [1.54, 1.807) is 6.07 Å². The number of carbonyl (C=O) groups excluding carboxylic acids is 4. The van der Waals surface area contributed by atoms with Crippen molar-refractivity contribution in [3.05, 3.63) is 325 Å². The molecule has 792 valence electrons. The maximum atomic E-state index is 13.6. The molecule has 2 saturated carbocycles. The number of esters is 4. The number of halogens is 12. The molecule has 2 aliphatic rings. The summed E-state index contributed by atoms with van der Waals surface area (Å²) >= 11 is 0. The second kappa shape index (κ2) is 46.5. The average Bonchev–Trinajstić information content (AvgIpc) is 1.61. The highest BCUT2D eigenvalue weighted by Gasteiger charge is 2.64. The number of rotatable bonds is 27. The summed E-state index contributed by atoms with van der Waals surface area (Å²) < 4.78 is 285. The number of aliphatic hydroxyl groups is 5. The van der Waals surface area contributed by atoms with Gasteiger partial charge >= 0.3 is 52.0 Å². The third-order valence-corrected chi connectivity index (χ3v) is 33.4. The van der Waals surface area contributed by atoms with E-state index in [0.29, 0.717) is 53.5 Å². The standard InChI is InChI=1S/C21H25F5O8S.C18H24F2O9S.3C18H13S.C14H15F5O7S/c22-20(23,24)17(21(25,26)35(30,31)32)34-16(27)12-33-15-10-13(18(28)5-1-2-6-18)9-14(11-15)19(29)7-3-4-8-19;1-16(2,23)11-7-12(17(3,4)24)9-13(8-11)29-15(22)6-5-14(21)28-10-18(19,20)30(25,26)27;3*1-2-8-14(9-3-1)19-17-12-6-4-10-15(17)16-11-5-7-13-18(16)19;1-12(2,21)8-3-5-9(6-4-8)25-7-10(20)26-11(13(15,16)17)14(18,19)27(22,23)24/h9-11,17,28-29H,1-8,12H2,(H,30,31,32);7-9,23-24H,5-6,10H2,1-4H3,(H,25,26,27);3*1-13H;3-6,11,21H,7H2,1-2H3,(H,22,23,24)/q;;3*+1;/p-3. The van der Waals surface area contributed by atoms with Crippen LogP contribution in [0.5, 0.6) is 17.2 Å². The minimum absolute atomic E-state index is 0.0332. The van der Waals surface area contributed by atoms with Crippen LogP contribution in [-0.4, -0.2) is 148 Å². The number of carbonyl (C=O) groups is 4. The molecule has 3 aromatic heterocycles. The number of hydrogen-bond acceptors (Lipinski definition) is 24. The molecule has 24 nitrogen and oxygen atoms in total. The van der Waals surface area contributed by atoms with Gasteiger partial charge in [0.15, 0.2) is 93.1 Å². The fourth-order valence-corrected chi connectivity index (χ4v) is 24.5. The van der Waals surface area contributed by atoms with Crippen LogP contribution in [0.3, 0.4) is 0 Å². The topological polar surface area (TPSA) is 396 Å². The van der Waals surface area contributed by atoms with Crippen molar-refractivity contribution in [2.24, 2.45) is 0 Å². The summed E-state index contributed by atoms with van der Waals surface area (Å²) in [5, 5.41) is 43.7. The Kier molecular flexibility index (Phi) is 36.0. The van der Waals surface area contributed by atoms with Gasteiger partial charge in [-0.25, -0.2) is 34.8 Å². The first-order chi connectivity index (χ1) is 69.6. The van der Waals surface area contributed by atoms with Gasteiger partial charge in [-0.3, -0.25) is 9.59 Å². The van der Waals surface area contributed by atoms with Crippen molar-refractivity contribution in [2.75, 3.05) is 19.8 Å². The minimum Gasteiger partial charge on any atom is -0.743 e. The zero-order chi connectivity index (χ0) is 109. The Bertz CT molecular complexity index is 7040. The lowest BCUT2D eigenvalue weighted by atomic mass is 9.85. The van der Waals surface area contributed by atoms with Crippen LogP contribution in [-0.2, 0) is 91.7 Å². The van der Waals surface area contributed by atoms with Crippen LogP contribution >= 0.6 is 31.4 Å². The van der Waals surface area contributed by atoms with E-state index in [0.717, 1.165) is 25.7 Å². The monoisotopic (exact) mass is 2190 g/mol. The molecule has 0 spiro atoms. The molecule has 149 heavy (non-hydrogen) atoms. The van der Waals surface area contributed by atoms with Crippen molar-refractivity contribution in [3.8, 4) is 31.9 Å². The van der Waals surface area contributed by atoms with Gasteiger partial charge in [0.2, 0.25) is 0 Å². The molecule has 0 amide bonds. The summed E-state index contributed by atoms with van der Waals surface area (Å²) in [6.45, 7) is 4.29. The van der Waals surface area contributed by atoms with E-state index < -0.39 is 155 Å². The Morgan fingerprint density at radius 1 is 0.336 bits per heavy atom. The molecule has 42 heteroatoms. The van der Waals surface area contributed by atoms with Gasteiger partial charge in [-0.15, -0.1) is 0 Å². The molecule has 2 fully saturated rings. The van der Waals surface area contributed by atoms with Crippen molar-refractivity contribution < 1.29 is 165 Å². The molecule has 5 N–H and O–H groups in total. The smallest absolute Gasteiger partial charge is 0.432 e. The predicted octanol–water partition coefficient (Wildman–Crippen LogP) is 23.8. The minimum atomic E-state index is -6.82. The van der Waals surface area contributed by atoms with Crippen molar-refractivity contribution in [1.29, 1.82) is 0 Å². The first kappa shape index (κ1) is 115. The number of alkyl halides is 12. The van der Waals surface area contributed by atoms with Crippen LogP contribution < -0.4 is 14.2 Å². The van der Waals surface area contributed by atoms with Crippen LogP contribution in [0.15, 0.2) is 297 Å². The van der Waals surface area contributed by atoms with Gasteiger partial charge in [0.25, 0.3) is 12.2 Å². The molecule has 0 saturated heterocycles. The number of benzene rings is 12.